The molecule has 0 saturated heterocycles. The predicted octanol–water partition coefficient (Wildman–Crippen LogP) is 5.79. The maximum absolute atomic E-state index is 13.2. The third-order valence-corrected chi connectivity index (χ3v) is 7.98. The number of thioether (sulfide) groups is 1. The zero-order chi connectivity index (χ0) is 24.7. The summed E-state index contributed by atoms with van der Waals surface area (Å²) in [6.45, 7) is 1.99. The molecule has 8 nitrogen and oxygen atoms in total. The van der Waals surface area contributed by atoms with Crippen LogP contribution in [0.4, 0.5) is 22.1 Å². The molecule has 3 aromatic rings. The number of nitrogen functional groups attached to an aromatic ring is 1. The Balaban J connectivity index is 1.54. The number of hydrogen-bond acceptors (Lipinski definition) is 8. The van der Waals surface area contributed by atoms with Crippen LogP contribution in [0.25, 0.3) is 5.57 Å². The van der Waals surface area contributed by atoms with E-state index in [-0.39, 0.29) is 17.9 Å². The van der Waals surface area contributed by atoms with Gasteiger partial charge >= 0.3 is 0 Å². The van der Waals surface area contributed by atoms with Gasteiger partial charge in [0.05, 0.1) is 26.1 Å². The molecule has 2 aromatic carbocycles. The molecule has 0 unspecified atom stereocenters. The number of ketones is 1. The van der Waals surface area contributed by atoms with Crippen LogP contribution in [0.1, 0.15) is 34.1 Å². The van der Waals surface area contributed by atoms with E-state index in [1.807, 2.05) is 42.7 Å². The predicted molar refractivity (Wildman–Crippen MR) is 140 cm³/mol. The zero-order valence-electron chi connectivity index (χ0n) is 18.6. The molecule has 35 heavy (non-hydrogen) atoms. The maximum Gasteiger partial charge on any atom is 0.269 e. The number of non-ortho nitro benzene ring substituents is 1. The van der Waals surface area contributed by atoms with Crippen LogP contribution in [0.3, 0.4) is 0 Å². The SMILES string of the molecule is CC1=CSC(=C2C(=O)CCc3c2sc(N)c3C(=O)Nc2ccc([N+](=O)[O-])cc2)N1c1ccccc1. The van der Waals surface area contributed by atoms with Gasteiger partial charge in [0.1, 0.15) is 0 Å². The third-order valence-electron chi connectivity index (χ3n) is 5.83. The van der Waals surface area contributed by atoms with E-state index >= 15 is 0 Å². The fraction of sp³-hybridized carbons (Fsp3) is 0.120. The summed E-state index contributed by atoms with van der Waals surface area (Å²) in [4.78, 5) is 39.5. The second-order valence-corrected chi connectivity index (χ2v) is 9.97. The van der Waals surface area contributed by atoms with Crippen molar-refractivity contribution in [2.75, 3.05) is 16.0 Å². The third kappa shape index (κ3) is 4.11. The van der Waals surface area contributed by atoms with Gasteiger partial charge in [0, 0.05) is 40.5 Å². The van der Waals surface area contributed by atoms with E-state index in [1.54, 1.807) is 0 Å². The molecule has 176 valence electrons. The minimum absolute atomic E-state index is 0.0209. The first-order valence-corrected chi connectivity index (χ1v) is 12.5. The largest absolute Gasteiger partial charge is 0.390 e. The lowest BCUT2D eigenvalue weighted by molar-refractivity contribution is -0.384. The molecule has 0 spiro atoms. The molecule has 5 rings (SSSR count). The number of anilines is 3. The van der Waals surface area contributed by atoms with Gasteiger partial charge in [-0.05, 0) is 48.6 Å². The topological polar surface area (TPSA) is 119 Å². The van der Waals surface area contributed by atoms with Crippen LogP contribution < -0.4 is 16.0 Å². The number of carbonyl (C=O) groups is 2. The van der Waals surface area contributed by atoms with Crippen molar-refractivity contribution in [3.05, 3.63) is 96.8 Å². The molecule has 2 heterocycles. The number of thiophene rings is 1. The van der Waals surface area contributed by atoms with Crippen molar-refractivity contribution in [2.45, 2.75) is 19.8 Å². The molecule has 0 fully saturated rings. The number of rotatable bonds is 4. The minimum atomic E-state index is -0.499. The number of benzene rings is 2. The van der Waals surface area contributed by atoms with Gasteiger partial charge in [-0.25, -0.2) is 0 Å². The number of allylic oxidation sites excluding steroid dienone is 2. The Morgan fingerprint density at radius 2 is 1.83 bits per heavy atom. The first-order chi connectivity index (χ1) is 16.8. The molecule has 10 heteroatoms. The number of para-hydroxylation sites is 1. The summed E-state index contributed by atoms with van der Waals surface area (Å²) in [6.07, 6.45) is 0.701. The van der Waals surface area contributed by atoms with Gasteiger partial charge in [-0.3, -0.25) is 19.7 Å². The monoisotopic (exact) mass is 504 g/mol. The van der Waals surface area contributed by atoms with Gasteiger partial charge in [-0.15, -0.1) is 11.3 Å². The van der Waals surface area contributed by atoms with Crippen LogP contribution in [0.2, 0.25) is 0 Å². The lowest BCUT2D eigenvalue weighted by Gasteiger charge is -2.25. The fourth-order valence-corrected chi connectivity index (χ4v) is 6.53. The summed E-state index contributed by atoms with van der Waals surface area (Å²) < 4.78 is 0. The molecular weight excluding hydrogens is 484 g/mol. The van der Waals surface area contributed by atoms with Gasteiger partial charge in [0.2, 0.25) is 0 Å². The highest BCUT2D eigenvalue weighted by molar-refractivity contribution is 8.06. The summed E-state index contributed by atoms with van der Waals surface area (Å²) in [7, 11) is 0. The summed E-state index contributed by atoms with van der Waals surface area (Å²) in [5.74, 6) is -0.381. The number of nitrogens with two attached hydrogens (primary N) is 1. The number of nitrogens with one attached hydrogen (secondary N) is 1. The van der Waals surface area contributed by atoms with Crippen LogP contribution in [0, 0.1) is 10.1 Å². The maximum atomic E-state index is 13.2. The van der Waals surface area contributed by atoms with E-state index in [0.29, 0.717) is 28.2 Å². The van der Waals surface area contributed by atoms with Gasteiger partial charge in [-0.2, -0.15) is 0 Å². The molecule has 2 aliphatic rings. The van der Waals surface area contributed by atoms with Crippen molar-refractivity contribution in [3.63, 3.8) is 0 Å². The van der Waals surface area contributed by atoms with E-state index in [1.165, 1.54) is 47.4 Å². The number of carbonyl (C=O) groups excluding carboxylic acids is 2. The summed E-state index contributed by atoms with van der Waals surface area (Å²) in [5.41, 5.74) is 10.3. The van der Waals surface area contributed by atoms with E-state index in [9.17, 15) is 19.7 Å². The molecule has 1 aliphatic carbocycles. The van der Waals surface area contributed by atoms with E-state index in [4.69, 9.17) is 5.73 Å². The van der Waals surface area contributed by atoms with Gasteiger partial charge in [-0.1, -0.05) is 30.0 Å². The smallest absolute Gasteiger partial charge is 0.269 e. The highest BCUT2D eigenvalue weighted by Gasteiger charge is 2.35. The van der Waals surface area contributed by atoms with Gasteiger partial charge in [0.25, 0.3) is 11.6 Å². The molecule has 0 bridgehead atoms. The average Bonchev–Trinajstić information content (AvgIpc) is 3.38. The standard InChI is InChI=1S/C25H20N4O4S2/c1-14-13-34-25(28(14)16-5-3-2-4-6-16)21-19(30)12-11-18-20(23(26)35-22(18)21)24(31)27-15-7-9-17(10-8-15)29(32)33/h2-10,13H,11-12,26H2,1H3,(H,27,31). The number of amides is 1. The molecule has 1 amide bonds. The van der Waals surface area contributed by atoms with Gasteiger partial charge in [0.15, 0.2) is 5.78 Å². The number of Topliss-reactive ketones (excluding diaryl/α,β-unsaturated/α-hetero) is 1. The number of nitro groups is 1. The number of fused-ring (bicyclic) bond motifs is 1. The first-order valence-electron chi connectivity index (χ1n) is 10.8. The molecule has 1 aliphatic heterocycles. The second-order valence-electron chi connectivity index (χ2n) is 8.06. The summed E-state index contributed by atoms with van der Waals surface area (Å²) in [6, 6.07) is 15.4. The summed E-state index contributed by atoms with van der Waals surface area (Å²) >= 11 is 2.74. The lowest BCUT2D eigenvalue weighted by atomic mass is 9.90. The van der Waals surface area contributed by atoms with E-state index < -0.39 is 10.8 Å². The number of nitrogens with zero attached hydrogens (tertiary/aromatic N) is 2. The van der Waals surface area contributed by atoms with Crippen LogP contribution in [-0.4, -0.2) is 16.6 Å². The van der Waals surface area contributed by atoms with Crippen molar-refractivity contribution >= 4 is 62.4 Å². The highest BCUT2D eigenvalue weighted by Crippen LogP contribution is 2.48. The van der Waals surface area contributed by atoms with Crippen LogP contribution in [-0.2, 0) is 11.2 Å². The molecule has 3 N–H and O–H groups in total. The highest BCUT2D eigenvalue weighted by atomic mass is 32.2. The van der Waals surface area contributed by atoms with Gasteiger partial charge < -0.3 is 16.0 Å². The Kier molecular flexibility index (Phi) is 5.91. The van der Waals surface area contributed by atoms with E-state index in [2.05, 4.69) is 10.2 Å². The Labute approximate surface area is 209 Å². The Hall–Kier alpha value is -3.89. The Morgan fingerprint density at radius 1 is 1.11 bits per heavy atom. The fourth-order valence-electron chi connectivity index (χ4n) is 4.22. The van der Waals surface area contributed by atoms with Crippen molar-refractivity contribution in [2.24, 2.45) is 0 Å². The molecule has 0 saturated carbocycles. The average molecular weight is 505 g/mol. The zero-order valence-corrected chi connectivity index (χ0v) is 20.2. The Morgan fingerprint density at radius 3 is 2.51 bits per heavy atom. The molecule has 0 radical (unpaired) electrons. The van der Waals surface area contributed by atoms with Crippen molar-refractivity contribution in [3.8, 4) is 0 Å². The van der Waals surface area contributed by atoms with Crippen LogP contribution in [0.15, 0.2) is 70.7 Å². The molecule has 0 atom stereocenters. The molecule has 1 aromatic heterocycles. The second kappa shape index (κ2) is 9.05. The minimum Gasteiger partial charge on any atom is -0.390 e. The summed E-state index contributed by atoms with van der Waals surface area (Å²) in [5, 5.41) is 16.8. The van der Waals surface area contributed by atoms with E-state index in [0.717, 1.165) is 26.9 Å². The quantitative estimate of drug-likeness (QED) is 0.262. The van der Waals surface area contributed by atoms with Crippen molar-refractivity contribution in [1.29, 1.82) is 0 Å². The number of hydrogen-bond donors (Lipinski definition) is 2. The number of nitro benzene ring substituents is 1. The van der Waals surface area contributed by atoms with Crippen LogP contribution in [0.5, 0.6) is 0 Å². The Bertz CT molecular complexity index is 1430. The molecular formula is C25H20N4O4S2. The van der Waals surface area contributed by atoms with Crippen molar-refractivity contribution in [1.82, 2.24) is 0 Å². The normalized spacial score (nSPS) is 17.2. The van der Waals surface area contributed by atoms with Crippen LogP contribution >= 0.6 is 23.1 Å². The first kappa shape index (κ1) is 22.9. The lowest BCUT2D eigenvalue weighted by Crippen LogP contribution is -2.22. The van der Waals surface area contributed by atoms with Crippen molar-refractivity contribution < 1.29 is 14.5 Å².